The number of carbonyl (C=O) groups excluding carboxylic acids is 2. The highest BCUT2D eigenvalue weighted by atomic mass is 32.2. The summed E-state index contributed by atoms with van der Waals surface area (Å²) in [5.74, 6) is -0.809. The Labute approximate surface area is 168 Å². The van der Waals surface area contributed by atoms with Gasteiger partial charge in [0.15, 0.2) is 11.9 Å². The van der Waals surface area contributed by atoms with Crippen LogP contribution < -0.4 is 10.1 Å². The first-order valence-electron chi connectivity index (χ1n) is 9.02. The summed E-state index contributed by atoms with van der Waals surface area (Å²) in [6.45, 7) is 4.03. The van der Waals surface area contributed by atoms with Crippen molar-refractivity contribution >= 4 is 33.4 Å². The first-order valence-corrected chi connectivity index (χ1v) is 10.6. The van der Waals surface area contributed by atoms with Gasteiger partial charge in [0.25, 0.3) is 15.9 Å². The van der Waals surface area contributed by atoms with Crippen molar-refractivity contribution in [3.63, 3.8) is 0 Å². The standard InChI is InChI=1S/C19H21N3O6S/c1-3-27-15-8-6-14(7-9-15)20-18(23)13(2)28-19(24)16-5-4-10-22-11-12-29(25,26)21-17(16)22/h4-10,13H,3,11-12H2,1-2H3,(H,20,23)/t13-/m1/s1. The largest absolute Gasteiger partial charge is 0.494 e. The molecule has 9 nitrogen and oxygen atoms in total. The fraction of sp³-hybridized carbons (Fsp3) is 0.316. The Hall–Kier alpha value is -3.14. The SMILES string of the molecule is CCOc1ccc(NC(=O)[C@@H](C)OC(=O)C2=CC=CN3CCS(=O)(=O)N=C23)cc1. The molecule has 0 radical (unpaired) electrons. The van der Waals surface area contributed by atoms with Gasteiger partial charge in [0.05, 0.1) is 12.4 Å². The van der Waals surface area contributed by atoms with Gasteiger partial charge in [-0.2, -0.15) is 0 Å². The van der Waals surface area contributed by atoms with Gasteiger partial charge < -0.3 is 19.7 Å². The lowest BCUT2D eigenvalue weighted by molar-refractivity contribution is -0.148. The molecule has 1 atom stereocenters. The number of nitrogens with zero attached hydrogens (tertiary/aromatic N) is 2. The maximum atomic E-state index is 12.5. The summed E-state index contributed by atoms with van der Waals surface area (Å²) in [6.07, 6.45) is 3.54. The van der Waals surface area contributed by atoms with Crippen molar-refractivity contribution in [2.45, 2.75) is 20.0 Å². The highest BCUT2D eigenvalue weighted by molar-refractivity contribution is 7.90. The van der Waals surface area contributed by atoms with E-state index in [4.69, 9.17) is 9.47 Å². The van der Waals surface area contributed by atoms with Crippen molar-refractivity contribution in [2.75, 3.05) is 24.2 Å². The number of hydrogen-bond acceptors (Lipinski definition) is 7. The number of carbonyl (C=O) groups is 2. The zero-order chi connectivity index (χ0) is 21.0. The number of allylic oxidation sites excluding steroid dienone is 2. The minimum absolute atomic E-state index is 0.00266. The van der Waals surface area contributed by atoms with Crippen molar-refractivity contribution in [2.24, 2.45) is 4.40 Å². The second kappa shape index (κ2) is 8.48. The molecule has 2 aliphatic rings. The van der Waals surface area contributed by atoms with Crippen LogP contribution in [-0.2, 0) is 24.3 Å². The lowest BCUT2D eigenvalue weighted by Gasteiger charge is -2.28. The fourth-order valence-electron chi connectivity index (χ4n) is 2.70. The lowest BCUT2D eigenvalue weighted by Crippen LogP contribution is -2.41. The van der Waals surface area contributed by atoms with E-state index in [0.29, 0.717) is 18.0 Å². The van der Waals surface area contributed by atoms with Crippen LogP contribution in [0.5, 0.6) is 5.75 Å². The minimum Gasteiger partial charge on any atom is -0.494 e. The maximum Gasteiger partial charge on any atom is 0.342 e. The number of fused-ring (bicyclic) bond motifs is 1. The number of sulfonamides is 1. The highest BCUT2D eigenvalue weighted by Crippen LogP contribution is 2.20. The Kier molecular flexibility index (Phi) is 6.02. The Morgan fingerprint density at radius 2 is 2.00 bits per heavy atom. The smallest absolute Gasteiger partial charge is 0.342 e. The van der Waals surface area contributed by atoms with E-state index < -0.39 is 28.0 Å². The van der Waals surface area contributed by atoms with Gasteiger partial charge in [0.1, 0.15) is 11.3 Å². The minimum atomic E-state index is -3.64. The van der Waals surface area contributed by atoms with Crippen LogP contribution >= 0.6 is 0 Å². The molecule has 0 unspecified atom stereocenters. The Morgan fingerprint density at radius 3 is 2.69 bits per heavy atom. The van der Waals surface area contributed by atoms with Gasteiger partial charge in [-0.15, -0.1) is 4.40 Å². The number of rotatable bonds is 6. The number of benzene rings is 1. The second-order valence-electron chi connectivity index (χ2n) is 6.31. The normalized spacial score (nSPS) is 18.1. The van der Waals surface area contributed by atoms with E-state index in [-0.39, 0.29) is 23.7 Å². The average molecular weight is 419 g/mol. The van der Waals surface area contributed by atoms with E-state index in [1.165, 1.54) is 13.0 Å². The lowest BCUT2D eigenvalue weighted by atomic mass is 10.1. The molecule has 0 aliphatic carbocycles. The summed E-state index contributed by atoms with van der Waals surface area (Å²) in [4.78, 5) is 26.4. The van der Waals surface area contributed by atoms with Gasteiger partial charge in [0.2, 0.25) is 0 Å². The molecule has 1 aromatic rings. The molecular formula is C19H21N3O6S. The average Bonchev–Trinajstić information content (AvgIpc) is 2.68. The van der Waals surface area contributed by atoms with Gasteiger partial charge in [-0.05, 0) is 50.3 Å². The first kappa shape index (κ1) is 20.6. The van der Waals surface area contributed by atoms with Crippen molar-refractivity contribution in [1.29, 1.82) is 0 Å². The zero-order valence-electron chi connectivity index (χ0n) is 16.0. The topological polar surface area (TPSA) is 114 Å². The van der Waals surface area contributed by atoms with Crippen LogP contribution in [0.3, 0.4) is 0 Å². The van der Waals surface area contributed by atoms with Gasteiger partial charge in [-0.1, -0.05) is 0 Å². The molecule has 29 heavy (non-hydrogen) atoms. The second-order valence-corrected chi connectivity index (χ2v) is 8.07. The maximum absolute atomic E-state index is 12.5. The number of amides is 1. The highest BCUT2D eigenvalue weighted by Gasteiger charge is 2.32. The Morgan fingerprint density at radius 1 is 1.28 bits per heavy atom. The zero-order valence-corrected chi connectivity index (χ0v) is 16.8. The first-order chi connectivity index (χ1) is 13.8. The summed E-state index contributed by atoms with van der Waals surface area (Å²) < 4.78 is 37.8. The third-order valence-corrected chi connectivity index (χ3v) is 5.31. The molecule has 2 aliphatic heterocycles. The van der Waals surface area contributed by atoms with Crippen LogP contribution in [-0.4, -0.2) is 56.0 Å². The van der Waals surface area contributed by atoms with Crippen LogP contribution in [0.2, 0.25) is 0 Å². The molecule has 0 aromatic heterocycles. The van der Waals surface area contributed by atoms with Crippen LogP contribution in [0, 0.1) is 0 Å². The molecular weight excluding hydrogens is 398 g/mol. The summed E-state index contributed by atoms with van der Waals surface area (Å²) >= 11 is 0. The van der Waals surface area contributed by atoms with Crippen LogP contribution in [0.1, 0.15) is 13.8 Å². The number of anilines is 1. The number of amidine groups is 1. The molecule has 2 heterocycles. The summed E-state index contributed by atoms with van der Waals surface area (Å²) in [5, 5.41) is 2.65. The predicted molar refractivity (Wildman–Crippen MR) is 107 cm³/mol. The molecule has 1 N–H and O–H groups in total. The molecule has 154 valence electrons. The van der Waals surface area contributed by atoms with E-state index >= 15 is 0 Å². The quantitative estimate of drug-likeness (QED) is 0.694. The number of nitrogens with one attached hydrogen (secondary N) is 1. The van der Waals surface area contributed by atoms with Gasteiger partial charge in [-0.3, -0.25) is 4.79 Å². The van der Waals surface area contributed by atoms with E-state index in [1.807, 2.05) is 6.92 Å². The van der Waals surface area contributed by atoms with Crippen LogP contribution in [0.25, 0.3) is 0 Å². The molecule has 0 spiro atoms. The summed E-state index contributed by atoms with van der Waals surface area (Å²) in [6, 6.07) is 6.77. The van der Waals surface area contributed by atoms with E-state index in [2.05, 4.69) is 9.71 Å². The van der Waals surface area contributed by atoms with Crippen molar-refractivity contribution in [1.82, 2.24) is 4.90 Å². The summed E-state index contributed by atoms with van der Waals surface area (Å²) in [7, 11) is -3.64. The van der Waals surface area contributed by atoms with Crippen LogP contribution in [0.15, 0.2) is 52.6 Å². The number of hydrogen-bond donors (Lipinski definition) is 1. The van der Waals surface area contributed by atoms with Crippen molar-refractivity contribution in [3.8, 4) is 5.75 Å². The van der Waals surface area contributed by atoms with Gasteiger partial charge in [0, 0.05) is 18.4 Å². The molecule has 0 saturated heterocycles. The van der Waals surface area contributed by atoms with Gasteiger partial charge >= 0.3 is 5.97 Å². The molecule has 0 fully saturated rings. The fourth-order valence-corrected chi connectivity index (χ4v) is 3.68. The third-order valence-electron chi connectivity index (χ3n) is 4.16. The molecule has 1 aromatic carbocycles. The Balaban J connectivity index is 1.65. The molecule has 0 bridgehead atoms. The number of esters is 1. The van der Waals surface area contributed by atoms with E-state index in [0.717, 1.165) is 0 Å². The van der Waals surface area contributed by atoms with E-state index in [9.17, 15) is 18.0 Å². The van der Waals surface area contributed by atoms with Crippen molar-refractivity contribution in [3.05, 3.63) is 48.2 Å². The third kappa shape index (κ3) is 5.02. The summed E-state index contributed by atoms with van der Waals surface area (Å²) in [5.41, 5.74) is 0.506. The predicted octanol–water partition coefficient (Wildman–Crippen LogP) is 1.45. The van der Waals surface area contributed by atoms with Crippen molar-refractivity contribution < 1.29 is 27.5 Å². The monoisotopic (exact) mass is 419 g/mol. The molecule has 1 amide bonds. The molecule has 3 rings (SSSR count). The van der Waals surface area contributed by atoms with E-state index in [1.54, 1.807) is 41.4 Å². The van der Waals surface area contributed by atoms with Crippen LogP contribution in [0.4, 0.5) is 5.69 Å². The number of ether oxygens (including phenoxy) is 2. The Bertz CT molecular complexity index is 995. The van der Waals surface area contributed by atoms with Gasteiger partial charge in [-0.25, -0.2) is 13.2 Å². The molecule has 0 saturated carbocycles. The molecule has 10 heteroatoms.